The van der Waals surface area contributed by atoms with E-state index in [1.54, 1.807) is 30.3 Å². The Bertz CT molecular complexity index is 854. The molecule has 0 atom stereocenters. The Labute approximate surface area is 138 Å². The lowest BCUT2D eigenvalue weighted by Crippen LogP contribution is -2.07. The van der Waals surface area contributed by atoms with Gasteiger partial charge in [-0.1, -0.05) is 23.2 Å². The molecule has 5 heteroatoms. The van der Waals surface area contributed by atoms with Crippen LogP contribution in [0.4, 0.5) is 0 Å². The number of fused-ring (bicyclic) bond motifs is 1. The van der Waals surface area contributed by atoms with Crippen molar-refractivity contribution < 1.29 is 4.42 Å². The zero-order valence-electron chi connectivity index (χ0n) is 9.99. The first-order valence-electron chi connectivity index (χ1n) is 5.74. The molecule has 0 saturated carbocycles. The molecule has 1 aromatic heterocycles. The maximum Gasteiger partial charge on any atom is 0.206 e. The van der Waals surface area contributed by atoms with Crippen LogP contribution in [0, 0.1) is 3.57 Å². The third-order valence-corrected chi connectivity index (χ3v) is 4.37. The largest absolute Gasteiger partial charge is 0.455 e. The lowest BCUT2D eigenvalue weighted by Gasteiger charge is -2.06. The summed E-state index contributed by atoms with van der Waals surface area (Å²) in [5.74, 6) is 0.544. The maximum absolute atomic E-state index is 12.4. The second-order valence-corrected chi connectivity index (χ2v) is 6.17. The molecule has 0 N–H and O–H groups in total. The van der Waals surface area contributed by atoms with Crippen LogP contribution in [-0.4, -0.2) is 0 Å². The van der Waals surface area contributed by atoms with Crippen molar-refractivity contribution in [1.82, 2.24) is 0 Å². The van der Waals surface area contributed by atoms with Gasteiger partial charge < -0.3 is 4.42 Å². The molecule has 0 bridgehead atoms. The van der Waals surface area contributed by atoms with E-state index < -0.39 is 0 Å². The minimum Gasteiger partial charge on any atom is -0.455 e. The first kappa shape index (κ1) is 13.9. The van der Waals surface area contributed by atoms with E-state index in [-0.39, 0.29) is 5.43 Å². The summed E-state index contributed by atoms with van der Waals surface area (Å²) >= 11 is 13.8. The van der Waals surface area contributed by atoms with Crippen LogP contribution >= 0.6 is 45.8 Å². The van der Waals surface area contributed by atoms with Gasteiger partial charge in [-0.05, 0) is 65.1 Å². The van der Waals surface area contributed by atoms with E-state index in [1.165, 1.54) is 0 Å². The van der Waals surface area contributed by atoms with Gasteiger partial charge in [-0.3, -0.25) is 4.79 Å². The van der Waals surface area contributed by atoms with Gasteiger partial charge in [0.25, 0.3) is 0 Å². The molecule has 2 aromatic carbocycles. The van der Waals surface area contributed by atoms with Crippen LogP contribution in [0.3, 0.4) is 0 Å². The molecule has 0 aliphatic rings. The van der Waals surface area contributed by atoms with Crippen LogP contribution < -0.4 is 5.43 Å². The molecule has 0 saturated heterocycles. The minimum absolute atomic E-state index is 0.0840. The lowest BCUT2D eigenvalue weighted by molar-refractivity contribution is 0.615. The van der Waals surface area contributed by atoms with Crippen molar-refractivity contribution in [2.45, 2.75) is 0 Å². The van der Waals surface area contributed by atoms with Gasteiger partial charge in [-0.25, -0.2) is 0 Å². The van der Waals surface area contributed by atoms with Crippen molar-refractivity contribution in [2.24, 2.45) is 0 Å². The molecule has 0 aliphatic carbocycles. The van der Waals surface area contributed by atoms with E-state index in [0.29, 0.717) is 30.3 Å². The zero-order chi connectivity index (χ0) is 14.3. The lowest BCUT2D eigenvalue weighted by atomic mass is 10.1. The highest BCUT2D eigenvalue weighted by molar-refractivity contribution is 14.1. The van der Waals surface area contributed by atoms with Crippen LogP contribution in [0.25, 0.3) is 22.3 Å². The highest BCUT2D eigenvalue weighted by atomic mass is 127. The van der Waals surface area contributed by atoms with Crippen molar-refractivity contribution in [3.05, 3.63) is 66.3 Å². The van der Waals surface area contributed by atoms with Crippen molar-refractivity contribution in [3.8, 4) is 11.3 Å². The second-order valence-electron chi connectivity index (χ2n) is 4.22. The second kappa shape index (κ2) is 5.39. The van der Waals surface area contributed by atoms with E-state index in [2.05, 4.69) is 0 Å². The van der Waals surface area contributed by atoms with Crippen LogP contribution in [0.5, 0.6) is 0 Å². The van der Waals surface area contributed by atoms with Crippen LogP contribution in [0.1, 0.15) is 0 Å². The molecule has 0 amide bonds. The van der Waals surface area contributed by atoms with Gasteiger partial charge in [-0.15, -0.1) is 0 Å². The summed E-state index contributed by atoms with van der Waals surface area (Å²) < 4.78 is 6.37. The highest BCUT2D eigenvalue weighted by Crippen LogP contribution is 2.28. The quantitative estimate of drug-likeness (QED) is 0.499. The summed E-state index contributed by atoms with van der Waals surface area (Å²) in [5.41, 5.74) is 1.25. The van der Waals surface area contributed by atoms with Crippen molar-refractivity contribution in [1.29, 1.82) is 0 Å². The van der Waals surface area contributed by atoms with Crippen molar-refractivity contribution in [3.63, 3.8) is 0 Å². The molecule has 2 nitrogen and oxygen atoms in total. The third kappa shape index (κ3) is 2.45. The Balaban J connectivity index is 2.32. The Morgan fingerprint density at radius 3 is 2.30 bits per heavy atom. The smallest absolute Gasteiger partial charge is 0.206 e. The van der Waals surface area contributed by atoms with Gasteiger partial charge in [0.15, 0.2) is 5.76 Å². The number of rotatable bonds is 1. The molecule has 1 heterocycles. The maximum atomic E-state index is 12.4. The summed E-state index contributed by atoms with van der Waals surface area (Å²) in [4.78, 5) is 12.4. The third-order valence-electron chi connectivity index (χ3n) is 2.90. The summed E-state index contributed by atoms with van der Waals surface area (Å²) in [5, 5.41) is 1.64. The molecular formula is C15H7Cl2IO2. The van der Waals surface area contributed by atoms with E-state index in [1.807, 2.05) is 34.7 Å². The standard InChI is InChI=1S/C15H7Cl2IO2/c16-9-3-1-8(2-4-9)15-13(18)14(19)11-7-10(17)5-6-12(11)20-15/h1-7H. The topological polar surface area (TPSA) is 30.2 Å². The zero-order valence-corrected chi connectivity index (χ0v) is 13.7. The number of halogens is 3. The van der Waals surface area contributed by atoms with E-state index in [9.17, 15) is 4.79 Å². The molecule has 0 spiro atoms. The Hall–Kier alpha value is -1.04. The van der Waals surface area contributed by atoms with Gasteiger partial charge in [0.05, 0.1) is 5.39 Å². The van der Waals surface area contributed by atoms with Crippen molar-refractivity contribution in [2.75, 3.05) is 0 Å². The van der Waals surface area contributed by atoms with Crippen LogP contribution in [0.2, 0.25) is 10.0 Å². The Morgan fingerprint density at radius 2 is 1.60 bits per heavy atom. The molecule has 20 heavy (non-hydrogen) atoms. The summed E-state index contributed by atoms with van der Waals surface area (Å²) in [6.07, 6.45) is 0. The summed E-state index contributed by atoms with van der Waals surface area (Å²) in [6, 6.07) is 12.2. The minimum atomic E-state index is -0.0840. The molecular weight excluding hydrogens is 410 g/mol. The molecule has 3 rings (SSSR count). The molecule has 100 valence electrons. The monoisotopic (exact) mass is 416 g/mol. The fraction of sp³-hybridized carbons (Fsp3) is 0. The SMILES string of the molecule is O=c1c(I)c(-c2ccc(Cl)cc2)oc2ccc(Cl)cc12. The van der Waals surface area contributed by atoms with Crippen LogP contribution in [-0.2, 0) is 0 Å². The number of hydrogen-bond acceptors (Lipinski definition) is 2. The normalized spacial score (nSPS) is 10.9. The van der Waals surface area contributed by atoms with Crippen LogP contribution in [0.15, 0.2) is 51.7 Å². The Kier molecular flexibility index (Phi) is 3.75. The molecule has 0 aliphatic heterocycles. The molecule has 0 unspecified atom stereocenters. The van der Waals surface area contributed by atoms with E-state index >= 15 is 0 Å². The fourth-order valence-electron chi connectivity index (χ4n) is 1.93. The summed E-state index contributed by atoms with van der Waals surface area (Å²) in [7, 11) is 0. The van der Waals surface area contributed by atoms with Gasteiger partial charge >= 0.3 is 0 Å². The highest BCUT2D eigenvalue weighted by Gasteiger charge is 2.14. The van der Waals surface area contributed by atoms with Crippen molar-refractivity contribution >= 4 is 56.8 Å². The average molecular weight is 417 g/mol. The first-order chi connectivity index (χ1) is 9.56. The molecule has 0 radical (unpaired) electrons. The van der Waals surface area contributed by atoms with Gasteiger partial charge in [0.1, 0.15) is 9.15 Å². The number of hydrogen-bond donors (Lipinski definition) is 0. The number of benzene rings is 2. The van der Waals surface area contributed by atoms with Gasteiger partial charge in [-0.2, -0.15) is 0 Å². The summed E-state index contributed by atoms with van der Waals surface area (Å²) in [6.45, 7) is 0. The molecule has 3 aromatic rings. The van der Waals surface area contributed by atoms with Gasteiger partial charge in [0, 0.05) is 15.6 Å². The van der Waals surface area contributed by atoms with Gasteiger partial charge in [0.2, 0.25) is 5.43 Å². The Morgan fingerprint density at radius 1 is 0.950 bits per heavy atom. The fourth-order valence-corrected chi connectivity index (χ4v) is 2.94. The average Bonchev–Trinajstić information content (AvgIpc) is 2.44. The van der Waals surface area contributed by atoms with E-state index in [0.717, 1.165) is 5.56 Å². The predicted octanol–water partition coefficient (Wildman–Crippen LogP) is 5.37. The predicted molar refractivity (Wildman–Crippen MR) is 90.7 cm³/mol. The molecule has 0 fully saturated rings. The first-order valence-corrected chi connectivity index (χ1v) is 7.57. The van der Waals surface area contributed by atoms with E-state index in [4.69, 9.17) is 27.6 Å².